The highest BCUT2D eigenvalue weighted by Gasteiger charge is 2.43. The molecule has 1 rings (SSSR count). The second kappa shape index (κ2) is 13.4. The minimum atomic E-state index is -1.08. The summed E-state index contributed by atoms with van der Waals surface area (Å²) in [6.07, 6.45) is 9.47. The van der Waals surface area contributed by atoms with Crippen LogP contribution < -0.4 is 0 Å². The molecule has 8 heteroatoms. The van der Waals surface area contributed by atoms with Crippen molar-refractivity contribution in [2.75, 3.05) is 39.4 Å². The topological polar surface area (TPSA) is 113 Å². The summed E-state index contributed by atoms with van der Waals surface area (Å²) < 4.78 is 5.02. The Bertz CT molecular complexity index is 549. The normalized spacial score (nSPS) is 18.8. The maximum atomic E-state index is 12.7. The van der Waals surface area contributed by atoms with Gasteiger partial charge in [0.1, 0.15) is 19.7 Å². The molecular weight excluding hydrogens is 364 g/mol. The molecule has 160 valence electrons. The number of aliphatic imine (C=N–C) groups is 1. The van der Waals surface area contributed by atoms with Crippen molar-refractivity contribution in [2.24, 2.45) is 4.99 Å². The number of carbonyl (C=O) groups is 3. The van der Waals surface area contributed by atoms with Crippen molar-refractivity contribution in [2.45, 2.75) is 64.7 Å². The number of Topliss-reactive ketones (excluding diaryl/α,β-unsaturated/α-hetero) is 1. The molecule has 0 saturated heterocycles. The predicted octanol–water partition coefficient (Wildman–Crippen LogP) is 2.50. The van der Waals surface area contributed by atoms with E-state index >= 15 is 0 Å². The third-order valence-corrected chi connectivity index (χ3v) is 5.07. The van der Waals surface area contributed by atoms with Gasteiger partial charge in [-0.05, 0) is 6.42 Å². The summed E-state index contributed by atoms with van der Waals surface area (Å²) in [4.78, 5) is 38.9. The van der Waals surface area contributed by atoms with Crippen LogP contribution in [0.25, 0.3) is 0 Å². The number of ether oxygens (including phenoxy) is 1. The average Bonchev–Trinajstić information content (AvgIpc) is 3.03. The fourth-order valence-corrected chi connectivity index (χ4v) is 3.60. The van der Waals surface area contributed by atoms with Gasteiger partial charge in [-0.25, -0.2) is 14.6 Å². The van der Waals surface area contributed by atoms with Crippen LogP contribution in [0, 0.1) is 0 Å². The van der Waals surface area contributed by atoms with E-state index in [2.05, 4.69) is 11.9 Å². The molecule has 0 amide bonds. The van der Waals surface area contributed by atoms with Crippen molar-refractivity contribution in [3.05, 3.63) is 0 Å². The highest BCUT2D eigenvalue weighted by Crippen LogP contribution is 2.19. The van der Waals surface area contributed by atoms with Crippen molar-refractivity contribution in [3.8, 4) is 0 Å². The van der Waals surface area contributed by atoms with Gasteiger partial charge in [0.15, 0.2) is 6.54 Å². The van der Waals surface area contributed by atoms with Crippen LogP contribution >= 0.6 is 0 Å². The molecule has 0 aromatic carbocycles. The summed E-state index contributed by atoms with van der Waals surface area (Å²) in [5.41, 5.74) is 0. The number of amidine groups is 1. The number of carboxylic acids is 2. The van der Waals surface area contributed by atoms with Crippen molar-refractivity contribution >= 4 is 23.6 Å². The summed E-state index contributed by atoms with van der Waals surface area (Å²) >= 11 is 0. The second-order valence-corrected chi connectivity index (χ2v) is 7.44. The number of aliphatic carboxylic acids is 2. The van der Waals surface area contributed by atoms with Crippen LogP contribution in [0.2, 0.25) is 0 Å². The maximum absolute atomic E-state index is 12.7. The fraction of sp³-hybridized carbons (Fsp3) is 0.800. The van der Waals surface area contributed by atoms with Gasteiger partial charge < -0.3 is 14.9 Å². The minimum absolute atomic E-state index is 0.0508. The number of ketones is 1. The quantitative estimate of drug-likeness (QED) is 0.287. The molecule has 1 unspecified atom stereocenters. The zero-order valence-electron chi connectivity index (χ0n) is 17.0. The van der Waals surface area contributed by atoms with Crippen LogP contribution in [-0.2, 0) is 19.1 Å². The Balaban J connectivity index is 2.48. The third-order valence-electron chi connectivity index (χ3n) is 5.07. The van der Waals surface area contributed by atoms with Gasteiger partial charge in [0.05, 0.1) is 13.2 Å². The van der Waals surface area contributed by atoms with Gasteiger partial charge in [0.25, 0.3) is 5.84 Å². The lowest BCUT2D eigenvalue weighted by atomic mass is 10.1. The van der Waals surface area contributed by atoms with E-state index < -0.39 is 18.5 Å². The van der Waals surface area contributed by atoms with Crippen LogP contribution in [0.15, 0.2) is 4.99 Å². The van der Waals surface area contributed by atoms with Crippen molar-refractivity contribution in [1.29, 1.82) is 0 Å². The van der Waals surface area contributed by atoms with Crippen LogP contribution in [0.4, 0.5) is 0 Å². The van der Waals surface area contributed by atoms with Crippen molar-refractivity contribution in [3.63, 3.8) is 0 Å². The fourth-order valence-electron chi connectivity index (χ4n) is 3.60. The van der Waals surface area contributed by atoms with Crippen LogP contribution in [-0.4, -0.2) is 77.6 Å². The molecule has 2 N–H and O–H groups in total. The molecule has 1 heterocycles. The largest absolute Gasteiger partial charge is 0.480 e. The Morgan fingerprint density at radius 2 is 1.64 bits per heavy atom. The molecule has 28 heavy (non-hydrogen) atoms. The Morgan fingerprint density at radius 3 is 2.25 bits per heavy atom. The predicted molar refractivity (Wildman–Crippen MR) is 105 cm³/mol. The van der Waals surface area contributed by atoms with Crippen LogP contribution in [0.1, 0.15) is 64.7 Å². The first-order chi connectivity index (χ1) is 13.4. The smallest absolute Gasteiger partial charge is 0.359 e. The average molecular weight is 400 g/mol. The van der Waals surface area contributed by atoms with Crippen molar-refractivity contribution in [1.82, 2.24) is 0 Å². The lowest BCUT2D eigenvalue weighted by Crippen LogP contribution is -2.57. The molecule has 1 aliphatic rings. The number of rotatable bonds is 17. The number of hydrogen-bond donors (Lipinski definition) is 2. The molecule has 8 nitrogen and oxygen atoms in total. The first-order valence-electron chi connectivity index (χ1n) is 10.4. The van der Waals surface area contributed by atoms with E-state index in [4.69, 9.17) is 9.84 Å². The molecule has 1 aliphatic heterocycles. The standard InChI is InChI=1S/C20H34N2O6/c1-2-3-4-5-6-7-8-9-10-17(23)20-21-11-12-22(20,15-18(24)25)13-14-28-16-19(26)27/h2-16H2,1H3,(H-,24,25,26,27)/p+1. The first kappa shape index (κ1) is 24.2. The van der Waals surface area contributed by atoms with Gasteiger partial charge in [-0.1, -0.05) is 51.9 Å². The zero-order chi connectivity index (χ0) is 20.8. The molecular formula is C20H35N2O6+. The Morgan fingerprint density at radius 1 is 1.00 bits per heavy atom. The van der Waals surface area contributed by atoms with E-state index in [-0.39, 0.29) is 30.0 Å². The van der Waals surface area contributed by atoms with Crippen LogP contribution in [0.3, 0.4) is 0 Å². The van der Waals surface area contributed by atoms with Gasteiger partial charge in [0.2, 0.25) is 5.78 Å². The van der Waals surface area contributed by atoms with Crippen LogP contribution in [0.5, 0.6) is 0 Å². The lowest BCUT2D eigenvalue weighted by Gasteiger charge is -2.32. The van der Waals surface area contributed by atoms with E-state index in [0.29, 0.717) is 25.3 Å². The Labute approximate surface area is 167 Å². The molecule has 0 aromatic rings. The maximum Gasteiger partial charge on any atom is 0.359 e. The number of carbonyl (C=O) groups excluding carboxylic acids is 1. The zero-order valence-corrected chi connectivity index (χ0v) is 17.0. The summed E-state index contributed by atoms with van der Waals surface area (Å²) in [7, 11) is 0. The molecule has 0 bridgehead atoms. The van der Waals surface area contributed by atoms with E-state index in [0.717, 1.165) is 19.3 Å². The molecule has 0 spiro atoms. The molecule has 0 radical (unpaired) electrons. The van der Waals surface area contributed by atoms with Gasteiger partial charge in [0, 0.05) is 6.42 Å². The number of carboxylic acid groups (broad SMARTS) is 2. The Hall–Kier alpha value is -1.80. The molecule has 1 atom stereocenters. The monoisotopic (exact) mass is 399 g/mol. The van der Waals surface area contributed by atoms with Gasteiger partial charge >= 0.3 is 11.9 Å². The second-order valence-electron chi connectivity index (χ2n) is 7.44. The van der Waals surface area contributed by atoms with Crippen molar-refractivity contribution < 1.29 is 33.8 Å². The molecule has 0 aromatic heterocycles. The third kappa shape index (κ3) is 8.93. The van der Waals surface area contributed by atoms with E-state index in [1.807, 2.05) is 0 Å². The Kier molecular flexibility index (Phi) is 11.6. The highest BCUT2D eigenvalue weighted by atomic mass is 16.5. The number of hydrogen-bond acceptors (Lipinski definition) is 5. The molecule has 0 aliphatic carbocycles. The van der Waals surface area contributed by atoms with E-state index in [1.165, 1.54) is 32.1 Å². The molecule has 0 saturated carbocycles. The lowest BCUT2D eigenvalue weighted by molar-refractivity contribution is -0.826. The number of quaternary nitrogens is 1. The van der Waals surface area contributed by atoms with Gasteiger partial charge in [-0.15, -0.1) is 0 Å². The summed E-state index contributed by atoms with van der Waals surface area (Å²) in [5, 5.41) is 18.0. The van der Waals surface area contributed by atoms with Gasteiger partial charge in [-0.3, -0.25) is 9.28 Å². The summed E-state index contributed by atoms with van der Waals surface area (Å²) in [6.45, 7) is 2.67. The summed E-state index contributed by atoms with van der Waals surface area (Å²) in [6, 6.07) is 0. The first-order valence-corrected chi connectivity index (χ1v) is 10.4. The summed E-state index contributed by atoms with van der Waals surface area (Å²) in [5.74, 6) is -1.87. The number of unbranched alkanes of at least 4 members (excludes halogenated alkanes) is 7. The molecule has 0 fully saturated rings. The van der Waals surface area contributed by atoms with E-state index in [9.17, 15) is 19.5 Å². The van der Waals surface area contributed by atoms with E-state index in [1.54, 1.807) is 0 Å². The SMILES string of the molecule is CCCCCCCCCCC(=O)C1=NCC[N+]1(CCOCC(=O)O)CC(=O)O. The van der Waals surface area contributed by atoms with Gasteiger partial charge in [-0.2, -0.15) is 0 Å². The number of nitrogens with zero attached hydrogens (tertiary/aromatic N) is 2. The highest BCUT2D eigenvalue weighted by molar-refractivity contribution is 6.36. The minimum Gasteiger partial charge on any atom is -0.480 e.